The molecule has 2 atom stereocenters. The summed E-state index contributed by atoms with van der Waals surface area (Å²) in [7, 11) is 1.66. The van der Waals surface area contributed by atoms with Crippen LogP contribution in [0.1, 0.15) is 35.4 Å². The number of halogens is 1. The number of nitrogens with zero attached hydrogens (tertiary/aromatic N) is 1. The molecule has 2 aromatic carbocycles. The minimum atomic E-state index is -0.425. The number of benzene rings is 2. The highest BCUT2D eigenvalue weighted by molar-refractivity contribution is 5.94. The van der Waals surface area contributed by atoms with Crippen molar-refractivity contribution in [1.82, 2.24) is 20.7 Å². The summed E-state index contributed by atoms with van der Waals surface area (Å²) in [6.45, 7) is 2.93. The lowest BCUT2D eigenvalue weighted by Crippen LogP contribution is -2.44. The largest absolute Gasteiger partial charge is 0.497 e. The van der Waals surface area contributed by atoms with Gasteiger partial charge in [0.25, 0.3) is 5.91 Å². The molecular formula is C21H23FN4O2. The molecule has 0 spiro atoms. The molecule has 2 heterocycles. The Morgan fingerprint density at radius 1 is 1.25 bits per heavy atom. The average molecular weight is 382 g/mol. The highest BCUT2D eigenvalue weighted by atomic mass is 19.1. The maximum absolute atomic E-state index is 13.3. The molecule has 0 radical (unpaired) electrons. The van der Waals surface area contributed by atoms with E-state index in [2.05, 4.69) is 39.8 Å². The Morgan fingerprint density at radius 2 is 2.11 bits per heavy atom. The summed E-state index contributed by atoms with van der Waals surface area (Å²) < 4.78 is 20.9. The fourth-order valence-electron chi connectivity index (χ4n) is 3.74. The van der Waals surface area contributed by atoms with Gasteiger partial charge >= 0.3 is 0 Å². The first-order valence-electron chi connectivity index (χ1n) is 9.33. The predicted molar refractivity (Wildman–Crippen MR) is 105 cm³/mol. The molecule has 1 saturated heterocycles. The molecule has 146 valence electrons. The zero-order valence-corrected chi connectivity index (χ0v) is 15.8. The first kappa shape index (κ1) is 18.5. The van der Waals surface area contributed by atoms with Crippen molar-refractivity contribution in [3.05, 3.63) is 65.6 Å². The second-order valence-electron chi connectivity index (χ2n) is 6.85. The standard InChI is InChI=1S/C21H23FN4O2/c1-3-26-18-11-16(28-2)8-7-13(18)10-19(26)17-12-20(25-24-17)23-21(27)14-5-4-6-15(22)9-14/h4-11,17,20,24-25H,3,12H2,1-2H3,(H,23,27). The van der Waals surface area contributed by atoms with Crippen LogP contribution >= 0.6 is 0 Å². The number of fused-ring (bicyclic) bond motifs is 1. The molecule has 3 aromatic rings. The molecule has 7 heteroatoms. The van der Waals surface area contributed by atoms with Crippen LogP contribution in [0.3, 0.4) is 0 Å². The van der Waals surface area contributed by atoms with Crippen molar-refractivity contribution >= 4 is 16.8 Å². The van der Waals surface area contributed by atoms with Crippen molar-refractivity contribution in [3.63, 3.8) is 0 Å². The quantitative estimate of drug-likeness (QED) is 0.634. The number of aromatic nitrogens is 1. The van der Waals surface area contributed by atoms with Gasteiger partial charge in [0.05, 0.1) is 24.8 Å². The van der Waals surface area contributed by atoms with E-state index in [1.54, 1.807) is 13.2 Å². The van der Waals surface area contributed by atoms with E-state index in [4.69, 9.17) is 4.74 Å². The van der Waals surface area contributed by atoms with Gasteiger partial charge in [0.2, 0.25) is 0 Å². The summed E-state index contributed by atoms with van der Waals surface area (Å²) in [5.74, 6) is 0.0933. The van der Waals surface area contributed by atoms with Gasteiger partial charge in [0, 0.05) is 35.7 Å². The van der Waals surface area contributed by atoms with Crippen molar-refractivity contribution < 1.29 is 13.9 Å². The van der Waals surface area contributed by atoms with Crippen LogP contribution in [0.2, 0.25) is 0 Å². The maximum Gasteiger partial charge on any atom is 0.252 e. The van der Waals surface area contributed by atoms with Gasteiger partial charge in [-0.2, -0.15) is 0 Å². The van der Waals surface area contributed by atoms with Crippen LogP contribution in [0.15, 0.2) is 48.5 Å². The third kappa shape index (κ3) is 3.46. The normalized spacial score (nSPS) is 19.1. The number of carbonyl (C=O) groups is 1. The number of carbonyl (C=O) groups excluding carboxylic acids is 1. The SMILES string of the molecule is CCn1c(C2CC(NC(=O)c3cccc(F)c3)NN2)cc2ccc(OC)cc21. The van der Waals surface area contributed by atoms with Crippen molar-refractivity contribution in [2.24, 2.45) is 0 Å². The Hall–Kier alpha value is -2.90. The minimum absolute atomic E-state index is 0.0381. The number of hydrogen-bond acceptors (Lipinski definition) is 4. The van der Waals surface area contributed by atoms with Gasteiger partial charge in [-0.3, -0.25) is 4.79 Å². The predicted octanol–water partition coefficient (Wildman–Crippen LogP) is 3.10. The number of hydrazine groups is 1. The zero-order chi connectivity index (χ0) is 19.7. The van der Waals surface area contributed by atoms with Gasteiger partial charge in [-0.15, -0.1) is 0 Å². The van der Waals surface area contributed by atoms with Gasteiger partial charge in [0.1, 0.15) is 11.6 Å². The Morgan fingerprint density at radius 3 is 2.86 bits per heavy atom. The lowest BCUT2D eigenvalue weighted by molar-refractivity contribution is 0.0932. The molecule has 0 bridgehead atoms. The van der Waals surface area contributed by atoms with Crippen molar-refractivity contribution in [3.8, 4) is 5.75 Å². The summed E-state index contributed by atoms with van der Waals surface area (Å²) in [5.41, 5.74) is 8.95. The van der Waals surface area contributed by atoms with E-state index >= 15 is 0 Å². The summed E-state index contributed by atoms with van der Waals surface area (Å²) in [6.07, 6.45) is 0.424. The van der Waals surface area contributed by atoms with Gasteiger partial charge in [-0.05, 0) is 43.3 Å². The molecular weight excluding hydrogens is 359 g/mol. The molecule has 3 N–H and O–H groups in total. The van der Waals surface area contributed by atoms with Gasteiger partial charge in [0.15, 0.2) is 0 Å². The molecule has 0 aliphatic carbocycles. The van der Waals surface area contributed by atoms with Crippen molar-refractivity contribution in [2.45, 2.75) is 32.1 Å². The Bertz CT molecular complexity index is 1020. The van der Waals surface area contributed by atoms with Crippen LogP contribution < -0.4 is 20.9 Å². The number of methoxy groups -OCH3 is 1. The van der Waals surface area contributed by atoms with E-state index in [0.29, 0.717) is 12.0 Å². The van der Waals surface area contributed by atoms with Gasteiger partial charge < -0.3 is 14.6 Å². The van der Waals surface area contributed by atoms with Gasteiger partial charge in [-0.1, -0.05) is 6.07 Å². The van der Waals surface area contributed by atoms with Crippen LogP contribution in [-0.2, 0) is 6.54 Å². The number of nitrogens with one attached hydrogen (secondary N) is 3. The van der Waals surface area contributed by atoms with E-state index < -0.39 is 5.82 Å². The maximum atomic E-state index is 13.3. The zero-order valence-electron chi connectivity index (χ0n) is 15.8. The van der Waals surface area contributed by atoms with Crippen LogP contribution in [0, 0.1) is 5.82 Å². The summed E-state index contributed by atoms with van der Waals surface area (Å²) in [4.78, 5) is 12.4. The topological polar surface area (TPSA) is 67.3 Å². The summed E-state index contributed by atoms with van der Waals surface area (Å²) in [6, 6.07) is 13.9. The van der Waals surface area contributed by atoms with E-state index in [1.807, 2.05) is 12.1 Å². The van der Waals surface area contributed by atoms with Crippen molar-refractivity contribution in [2.75, 3.05) is 7.11 Å². The molecule has 1 aromatic heterocycles. The summed E-state index contributed by atoms with van der Waals surface area (Å²) >= 11 is 0. The number of rotatable bonds is 5. The molecule has 4 rings (SSSR count). The molecule has 1 fully saturated rings. The Balaban J connectivity index is 1.52. The smallest absolute Gasteiger partial charge is 0.252 e. The average Bonchev–Trinajstić information content (AvgIpc) is 3.31. The van der Waals surface area contributed by atoms with Crippen LogP contribution in [-0.4, -0.2) is 23.7 Å². The number of aryl methyl sites for hydroxylation is 1. The number of hydrogen-bond donors (Lipinski definition) is 3. The lowest BCUT2D eigenvalue weighted by Gasteiger charge is -2.14. The molecule has 2 unspecified atom stereocenters. The van der Waals surface area contributed by atoms with Crippen LogP contribution in [0.5, 0.6) is 5.75 Å². The molecule has 1 aliphatic heterocycles. The highest BCUT2D eigenvalue weighted by Gasteiger charge is 2.29. The molecule has 6 nitrogen and oxygen atoms in total. The molecule has 1 amide bonds. The first-order valence-corrected chi connectivity index (χ1v) is 9.33. The van der Waals surface area contributed by atoms with E-state index in [0.717, 1.165) is 28.9 Å². The Kier molecular flexibility index (Phi) is 5.02. The third-order valence-electron chi connectivity index (χ3n) is 5.11. The Labute approximate surface area is 162 Å². The highest BCUT2D eigenvalue weighted by Crippen LogP contribution is 2.30. The van der Waals surface area contributed by atoms with Crippen LogP contribution in [0.25, 0.3) is 10.9 Å². The second-order valence-corrected chi connectivity index (χ2v) is 6.85. The van der Waals surface area contributed by atoms with E-state index in [1.165, 1.54) is 18.2 Å². The molecule has 28 heavy (non-hydrogen) atoms. The van der Waals surface area contributed by atoms with Gasteiger partial charge in [-0.25, -0.2) is 15.2 Å². The molecule has 1 aliphatic rings. The number of ether oxygens (including phenoxy) is 1. The monoisotopic (exact) mass is 382 g/mol. The molecule has 0 saturated carbocycles. The first-order chi connectivity index (χ1) is 13.6. The lowest BCUT2D eigenvalue weighted by atomic mass is 10.1. The third-order valence-corrected chi connectivity index (χ3v) is 5.11. The second kappa shape index (κ2) is 7.61. The minimum Gasteiger partial charge on any atom is -0.497 e. The van der Waals surface area contributed by atoms with Crippen LogP contribution in [0.4, 0.5) is 4.39 Å². The summed E-state index contributed by atoms with van der Waals surface area (Å²) in [5, 5.41) is 4.05. The fourth-order valence-corrected chi connectivity index (χ4v) is 3.74. The number of amides is 1. The van der Waals surface area contributed by atoms with E-state index in [9.17, 15) is 9.18 Å². The van der Waals surface area contributed by atoms with E-state index in [-0.39, 0.29) is 18.1 Å². The van der Waals surface area contributed by atoms with Crippen molar-refractivity contribution in [1.29, 1.82) is 0 Å². The fraction of sp³-hybridized carbons (Fsp3) is 0.286.